The lowest BCUT2D eigenvalue weighted by atomic mass is 9.98. The van der Waals surface area contributed by atoms with Gasteiger partial charge < -0.3 is 20.3 Å². The standard InChI is InChI=1S/C39H52N4O4/c1-29(2)24-34(40-38(45)35(25-30(3)4)41-39(46)47-28-32-16-9-6-10-17-32)37(44)27-42-22-23-43(36-20-12-11-19-33(36)26-42)21-13-18-31-14-7-5-8-15-31/h5-12,14-17,19-20,29-30,34-35H,13,18,21-28H2,1-4H3,(H,40,45)(H,41,46)/t34?,35-/m0/s1. The Bertz CT molecular complexity index is 1410. The van der Waals surface area contributed by atoms with Gasteiger partial charge in [0.2, 0.25) is 5.91 Å². The molecule has 1 aliphatic rings. The van der Waals surface area contributed by atoms with E-state index in [9.17, 15) is 14.4 Å². The maximum atomic E-state index is 13.9. The van der Waals surface area contributed by atoms with E-state index in [0.29, 0.717) is 19.4 Å². The molecule has 2 atom stereocenters. The molecule has 0 radical (unpaired) electrons. The number of nitrogens with zero attached hydrogens (tertiary/aromatic N) is 2. The molecule has 1 unspecified atom stereocenters. The number of carbonyl (C=O) groups excluding carboxylic acids is 3. The van der Waals surface area contributed by atoms with Crippen molar-refractivity contribution in [3.05, 3.63) is 102 Å². The quantitative estimate of drug-likeness (QED) is 0.189. The first-order chi connectivity index (χ1) is 22.7. The van der Waals surface area contributed by atoms with E-state index in [1.807, 2.05) is 64.1 Å². The van der Waals surface area contributed by atoms with Gasteiger partial charge in [-0.3, -0.25) is 14.5 Å². The van der Waals surface area contributed by atoms with Gasteiger partial charge in [-0.05, 0) is 60.3 Å². The number of Topliss-reactive ketones (excluding diaryl/α,β-unsaturated/α-hetero) is 1. The summed E-state index contributed by atoms with van der Waals surface area (Å²) in [5.74, 6) is -0.0361. The lowest BCUT2D eigenvalue weighted by Gasteiger charge is -2.27. The van der Waals surface area contributed by atoms with Crippen LogP contribution in [0, 0.1) is 11.8 Å². The number of aryl methyl sites for hydroxylation is 1. The Morgan fingerprint density at radius 3 is 2.04 bits per heavy atom. The zero-order chi connectivity index (χ0) is 33.6. The van der Waals surface area contributed by atoms with Crippen LogP contribution in [-0.4, -0.2) is 60.9 Å². The van der Waals surface area contributed by atoms with E-state index >= 15 is 0 Å². The van der Waals surface area contributed by atoms with E-state index in [4.69, 9.17) is 4.74 Å². The van der Waals surface area contributed by atoms with Crippen LogP contribution in [-0.2, 0) is 33.9 Å². The minimum atomic E-state index is -0.810. The zero-order valence-electron chi connectivity index (χ0n) is 28.5. The number of para-hydroxylation sites is 1. The predicted octanol–water partition coefficient (Wildman–Crippen LogP) is 6.38. The highest BCUT2D eigenvalue weighted by atomic mass is 16.5. The molecule has 2 N–H and O–H groups in total. The number of alkyl carbamates (subject to hydrolysis) is 1. The van der Waals surface area contributed by atoms with Crippen LogP contribution < -0.4 is 15.5 Å². The van der Waals surface area contributed by atoms with Gasteiger partial charge in [0.15, 0.2) is 5.78 Å². The van der Waals surface area contributed by atoms with Crippen LogP contribution >= 0.6 is 0 Å². The summed E-state index contributed by atoms with van der Waals surface area (Å²) in [6, 6.07) is 27.0. The van der Waals surface area contributed by atoms with Crippen molar-refractivity contribution in [3.63, 3.8) is 0 Å². The lowest BCUT2D eigenvalue weighted by molar-refractivity contribution is -0.130. The van der Waals surface area contributed by atoms with Gasteiger partial charge in [0, 0.05) is 31.9 Å². The number of fused-ring (bicyclic) bond motifs is 1. The van der Waals surface area contributed by atoms with Crippen molar-refractivity contribution in [2.75, 3.05) is 31.1 Å². The third-order valence-corrected chi connectivity index (χ3v) is 8.47. The zero-order valence-corrected chi connectivity index (χ0v) is 28.5. The summed E-state index contributed by atoms with van der Waals surface area (Å²) in [5.41, 5.74) is 4.64. The molecule has 2 amide bonds. The average Bonchev–Trinajstić information content (AvgIpc) is 3.22. The molecule has 3 aromatic carbocycles. The lowest BCUT2D eigenvalue weighted by Crippen LogP contribution is -2.53. The van der Waals surface area contributed by atoms with Crippen LogP contribution in [0.25, 0.3) is 0 Å². The molecule has 1 heterocycles. The van der Waals surface area contributed by atoms with Crippen LogP contribution in [0.1, 0.15) is 63.6 Å². The fraction of sp³-hybridized carbons (Fsp3) is 0.462. The van der Waals surface area contributed by atoms with Crippen LogP contribution in [0.5, 0.6) is 0 Å². The molecule has 252 valence electrons. The second kappa shape index (κ2) is 18.2. The average molecular weight is 641 g/mol. The van der Waals surface area contributed by atoms with E-state index in [2.05, 4.69) is 69.0 Å². The van der Waals surface area contributed by atoms with Gasteiger partial charge in [0.05, 0.1) is 12.6 Å². The molecule has 0 aliphatic carbocycles. The Labute approximate surface area is 280 Å². The summed E-state index contributed by atoms with van der Waals surface area (Å²) in [6.45, 7) is 11.6. The SMILES string of the molecule is CC(C)CC(NC(=O)[C@H](CC(C)C)NC(=O)OCc1ccccc1)C(=O)CN1CCN(CCCc2ccccc2)c2ccccc2C1. The van der Waals surface area contributed by atoms with Crippen LogP contribution in [0.15, 0.2) is 84.9 Å². The monoisotopic (exact) mass is 640 g/mol. The van der Waals surface area contributed by atoms with Gasteiger partial charge in [0.25, 0.3) is 0 Å². The van der Waals surface area contributed by atoms with E-state index in [1.165, 1.54) is 16.8 Å². The summed E-state index contributed by atoms with van der Waals surface area (Å²) in [6.07, 6.45) is 2.37. The second-order valence-corrected chi connectivity index (χ2v) is 13.5. The molecule has 4 rings (SSSR count). The van der Waals surface area contributed by atoms with Crippen molar-refractivity contribution in [2.24, 2.45) is 11.8 Å². The number of nitrogens with one attached hydrogen (secondary N) is 2. The molecular weight excluding hydrogens is 588 g/mol. The molecule has 3 aromatic rings. The first kappa shape index (κ1) is 35.7. The number of anilines is 1. The summed E-state index contributed by atoms with van der Waals surface area (Å²) < 4.78 is 5.40. The fourth-order valence-electron chi connectivity index (χ4n) is 6.10. The Kier molecular flexibility index (Phi) is 13.8. The molecule has 8 heteroatoms. The van der Waals surface area contributed by atoms with Crippen molar-refractivity contribution in [1.29, 1.82) is 0 Å². The first-order valence-electron chi connectivity index (χ1n) is 17.1. The van der Waals surface area contributed by atoms with Gasteiger partial charge in [-0.1, -0.05) is 107 Å². The number of rotatable bonds is 16. The number of carbonyl (C=O) groups is 3. The topological polar surface area (TPSA) is 91.0 Å². The van der Waals surface area contributed by atoms with Crippen molar-refractivity contribution in [2.45, 2.75) is 78.6 Å². The Morgan fingerprint density at radius 2 is 1.36 bits per heavy atom. The number of hydrogen-bond acceptors (Lipinski definition) is 6. The van der Waals surface area contributed by atoms with Gasteiger partial charge in [-0.2, -0.15) is 0 Å². The molecule has 8 nitrogen and oxygen atoms in total. The van der Waals surface area contributed by atoms with E-state index < -0.39 is 18.2 Å². The maximum Gasteiger partial charge on any atom is 0.408 e. The minimum absolute atomic E-state index is 0.0167. The van der Waals surface area contributed by atoms with Crippen molar-refractivity contribution >= 4 is 23.5 Å². The number of ether oxygens (including phenoxy) is 1. The van der Waals surface area contributed by atoms with Gasteiger partial charge in [-0.25, -0.2) is 4.79 Å². The number of benzene rings is 3. The third kappa shape index (κ3) is 11.9. The molecular formula is C39H52N4O4. The molecule has 0 saturated carbocycles. The summed E-state index contributed by atoms with van der Waals surface area (Å²) in [7, 11) is 0. The van der Waals surface area contributed by atoms with E-state index in [-0.39, 0.29) is 36.7 Å². The summed E-state index contributed by atoms with van der Waals surface area (Å²) in [4.78, 5) is 44.8. The number of hydrogen-bond donors (Lipinski definition) is 2. The van der Waals surface area contributed by atoms with Gasteiger partial charge >= 0.3 is 6.09 Å². The van der Waals surface area contributed by atoms with Gasteiger partial charge in [0.1, 0.15) is 12.6 Å². The number of amides is 2. The van der Waals surface area contributed by atoms with Crippen molar-refractivity contribution < 1.29 is 19.1 Å². The number of ketones is 1. The largest absolute Gasteiger partial charge is 0.445 e. The maximum absolute atomic E-state index is 13.9. The highest BCUT2D eigenvalue weighted by Gasteiger charge is 2.30. The third-order valence-electron chi connectivity index (χ3n) is 8.47. The van der Waals surface area contributed by atoms with E-state index in [0.717, 1.165) is 38.0 Å². The van der Waals surface area contributed by atoms with Crippen LogP contribution in [0.3, 0.4) is 0 Å². The van der Waals surface area contributed by atoms with Crippen molar-refractivity contribution in [3.8, 4) is 0 Å². The van der Waals surface area contributed by atoms with E-state index in [1.54, 1.807) is 0 Å². The normalized spacial score (nSPS) is 14.6. The Balaban J connectivity index is 1.37. The Hall–Kier alpha value is -4.17. The molecule has 0 saturated heterocycles. The predicted molar refractivity (Wildman–Crippen MR) is 188 cm³/mol. The van der Waals surface area contributed by atoms with Crippen LogP contribution in [0.2, 0.25) is 0 Å². The van der Waals surface area contributed by atoms with Gasteiger partial charge in [-0.15, -0.1) is 0 Å². The second-order valence-electron chi connectivity index (χ2n) is 13.5. The molecule has 0 spiro atoms. The Morgan fingerprint density at radius 1 is 0.745 bits per heavy atom. The molecule has 0 aromatic heterocycles. The minimum Gasteiger partial charge on any atom is -0.445 e. The smallest absolute Gasteiger partial charge is 0.408 e. The summed E-state index contributed by atoms with van der Waals surface area (Å²) in [5, 5.41) is 5.76. The highest BCUT2D eigenvalue weighted by molar-refractivity contribution is 5.93. The summed E-state index contributed by atoms with van der Waals surface area (Å²) >= 11 is 0. The molecule has 0 fully saturated rings. The first-order valence-corrected chi connectivity index (χ1v) is 17.1. The molecule has 1 aliphatic heterocycles. The molecule has 0 bridgehead atoms. The molecule has 47 heavy (non-hydrogen) atoms. The van der Waals surface area contributed by atoms with Crippen molar-refractivity contribution in [1.82, 2.24) is 15.5 Å². The van der Waals surface area contributed by atoms with Crippen LogP contribution in [0.4, 0.5) is 10.5 Å². The highest BCUT2D eigenvalue weighted by Crippen LogP contribution is 2.25. The fourth-order valence-corrected chi connectivity index (χ4v) is 6.10.